The van der Waals surface area contributed by atoms with Crippen LogP contribution in [0.1, 0.15) is 12.5 Å². The summed E-state index contributed by atoms with van der Waals surface area (Å²) in [5, 5.41) is 3.21. The van der Waals surface area contributed by atoms with E-state index in [4.69, 9.17) is 0 Å². The summed E-state index contributed by atoms with van der Waals surface area (Å²) < 4.78 is 0. The largest absolute Gasteiger partial charge is 0.368 e. The Kier molecular flexibility index (Phi) is 3.42. The molecule has 19 heavy (non-hydrogen) atoms. The van der Waals surface area contributed by atoms with E-state index in [9.17, 15) is 4.79 Å². The number of aryl methyl sites for hydroxylation is 1. The lowest BCUT2D eigenvalue weighted by atomic mass is 10.1. The maximum atomic E-state index is 11.8. The zero-order valence-electron chi connectivity index (χ0n) is 11.4. The Bertz CT molecular complexity index is 457. The molecule has 4 heteroatoms. The Hall–Kier alpha value is -1.55. The van der Waals surface area contributed by atoms with Crippen LogP contribution in [0.2, 0.25) is 0 Å². The molecule has 0 bridgehead atoms. The molecular formula is C15H21N3O. The van der Waals surface area contributed by atoms with Crippen LogP contribution < -0.4 is 10.2 Å². The topological polar surface area (TPSA) is 35.6 Å². The van der Waals surface area contributed by atoms with Gasteiger partial charge in [-0.2, -0.15) is 0 Å². The van der Waals surface area contributed by atoms with Gasteiger partial charge in [0.25, 0.3) is 0 Å². The Balaban J connectivity index is 1.71. The number of rotatable bonds is 2. The zero-order chi connectivity index (χ0) is 13.2. The van der Waals surface area contributed by atoms with Crippen LogP contribution in [0.25, 0.3) is 0 Å². The number of benzene rings is 1. The monoisotopic (exact) mass is 259 g/mol. The number of amides is 1. The molecular weight excluding hydrogens is 238 g/mol. The summed E-state index contributed by atoms with van der Waals surface area (Å²) >= 11 is 0. The first kappa shape index (κ1) is 12.5. The van der Waals surface area contributed by atoms with E-state index in [0.717, 1.165) is 32.6 Å². The molecule has 1 aromatic rings. The summed E-state index contributed by atoms with van der Waals surface area (Å²) in [6, 6.07) is 9.12. The summed E-state index contributed by atoms with van der Waals surface area (Å²) in [6.45, 7) is 6.31. The molecule has 0 aromatic heterocycles. The van der Waals surface area contributed by atoms with Crippen molar-refractivity contribution in [3.8, 4) is 0 Å². The van der Waals surface area contributed by atoms with Gasteiger partial charge in [-0.25, -0.2) is 0 Å². The van der Waals surface area contributed by atoms with Crippen molar-refractivity contribution >= 4 is 11.6 Å². The second kappa shape index (κ2) is 5.21. The first-order valence-electron chi connectivity index (χ1n) is 7.12. The molecule has 1 amide bonds. The van der Waals surface area contributed by atoms with Crippen molar-refractivity contribution in [3.63, 3.8) is 0 Å². The fourth-order valence-electron chi connectivity index (χ4n) is 2.98. The van der Waals surface area contributed by atoms with Crippen molar-refractivity contribution in [2.45, 2.75) is 19.4 Å². The number of anilines is 1. The molecule has 1 aromatic carbocycles. The van der Waals surface area contributed by atoms with Crippen LogP contribution in [0.15, 0.2) is 24.3 Å². The first-order valence-corrected chi connectivity index (χ1v) is 7.12. The van der Waals surface area contributed by atoms with Crippen LogP contribution in [0.3, 0.4) is 0 Å². The molecule has 0 saturated carbocycles. The normalized spacial score (nSPS) is 23.4. The number of piperazine rings is 2. The summed E-state index contributed by atoms with van der Waals surface area (Å²) in [5.41, 5.74) is 2.65. The molecule has 2 aliphatic rings. The first-order chi connectivity index (χ1) is 9.28. The summed E-state index contributed by atoms with van der Waals surface area (Å²) in [5.74, 6) is 0.247. The summed E-state index contributed by atoms with van der Waals surface area (Å²) in [6.07, 6.45) is 1.08. The lowest BCUT2D eigenvalue weighted by molar-refractivity contribution is -0.135. The molecule has 2 heterocycles. The Morgan fingerprint density at radius 1 is 1.26 bits per heavy atom. The fourth-order valence-corrected chi connectivity index (χ4v) is 2.98. The maximum absolute atomic E-state index is 11.8. The van der Waals surface area contributed by atoms with E-state index < -0.39 is 0 Å². The van der Waals surface area contributed by atoms with Gasteiger partial charge in [-0.3, -0.25) is 4.79 Å². The van der Waals surface area contributed by atoms with Crippen molar-refractivity contribution < 1.29 is 4.79 Å². The van der Waals surface area contributed by atoms with Gasteiger partial charge in [-0.05, 0) is 24.1 Å². The molecule has 102 valence electrons. The van der Waals surface area contributed by atoms with Crippen molar-refractivity contribution in [1.29, 1.82) is 0 Å². The van der Waals surface area contributed by atoms with Crippen LogP contribution in [0.5, 0.6) is 0 Å². The number of nitrogens with zero attached hydrogens (tertiary/aromatic N) is 2. The second-order valence-electron chi connectivity index (χ2n) is 5.34. The second-order valence-corrected chi connectivity index (χ2v) is 5.34. The average molecular weight is 259 g/mol. The molecule has 4 nitrogen and oxygen atoms in total. The van der Waals surface area contributed by atoms with E-state index in [1.54, 1.807) is 0 Å². The van der Waals surface area contributed by atoms with E-state index in [2.05, 4.69) is 41.4 Å². The van der Waals surface area contributed by atoms with Gasteiger partial charge >= 0.3 is 0 Å². The summed E-state index contributed by atoms with van der Waals surface area (Å²) in [4.78, 5) is 16.2. The van der Waals surface area contributed by atoms with Gasteiger partial charge in [0.2, 0.25) is 5.91 Å². The SMILES string of the molecule is CCc1ccc(N2CCN3C(=O)CNCC3C2)cc1. The number of carbonyl (C=O) groups excluding carboxylic acids is 1. The highest BCUT2D eigenvalue weighted by molar-refractivity contribution is 5.79. The molecule has 2 saturated heterocycles. The van der Waals surface area contributed by atoms with E-state index in [1.807, 2.05) is 4.90 Å². The number of fused-ring (bicyclic) bond motifs is 1. The minimum absolute atomic E-state index is 0.247. The van der Waals surface area contributed by atoms with Gasteiger partial charge in [0, 0.05) is 31.9 Å². The molecule has 1 unspecified atom stereocenters. The quantitative estimate of drug-likeness (QED) is 0.856. The van der Waals surface area contributed by atoms with Gasteiger partial charge in [-0.15, -0.1) is 0 Å². The minimum atomic E-state index is 0.247. The van der Waals surface area contributed by atoms with Crippen LogP contribution in [0.4, 0.5) is 5.69 Å². The van der Waals surface area contributed by atoms with E-state index in [-0.39, 0.29) is 5.91 Å². The third-order valence-electron chi connectivity index (χ3n) is 4.17. The molecule has 0 aliphatic carbocycles. The molecule has 0 radical (unpaired) electrons. The average Bonchev–Trinajstić information content (AvgIpc) is 2.47. The Morgan fingerprint density at radius 3 is 2.79 bits per heavy atom. The van der Waals surface area contributed by atoms with Gasteiger partial charge in [0.15, 0.2) is 0 Å². The molecule has 3 rings (SSSR count). The number of hydrogen-bond acceptors (Lipinski definition) is 3. The highest BCUT2D eigenvalue weighted by atomic mass is 16.2. The lowest BCUT2D eigenvalue weighted by Crippen LogP contribution is -2.63. The third kappa shape index (κ3) is 2.45. The molecule has 0 spiro atoms. The molecule has 1 atom stereocenters. The van der Waals surface area contributed by atoms with Gasteiger partial charge in [-0.1, -0.05) is 19.1 Å². The number of nitrogens with one attached hydrogen (secondary N) is 1. The number of hydrogen-bond donors (Lipinski definition) is 1. The Labute approximate surface area is 114 Å². The predicted molar refractivity (Wildman–Crippen MR) is 76.4 cm³/mol. The maximum Gasteiger partial charge on any atom is 0.236 e. The predicted octanol–water partition coefficient (Wildman–Crippen LogP) is 0.869. The summed E-state index contributed by atoms with van der Waals surface area (Å²) in [7, 11) is 0. The van der Waals surface area contributed by atoms with Crippen LogP contribution in [-0.4, -0.2) is 49.6 Å². The van der Waals surface area contributed by atoms with Crippen molar-refractivity contribution in [2.75, 3.05) is 37.6 Å². The van der Waals surface area contributed by atoms with E-state index in [1.165, 1.54) is 11.3 Å². The lowest BCUT2D eigenvalue weighted by Gasteiger charge is -2.45. The van der Waals surface area contributed by atoms with Crippen molar-refractivity contribution in [2.24, 2.45) is 0 Å². The molecule has 1 N–H and O–H groups in total. The van der Waals surface area contributed by atoms with Gasteiger partial charge in [0.05, 0.1) is 12.6 Å². The zero-order valence-corrected chi connectivity index (χ0v) is 11.4. The smallest absolute Gasteiger partial charge is 0.236 e. The molecule has 2 fully saturated rings. The standard InChI is InChI=1S/C15H21N3O/c1-2-12-3-5-13(6-4-12)17-7-8-18-14(11-17)9-16-10-15(18)19/h3-6,14,16H,2,7-11H2,1H3. The highest BCUT2D eigenvalue weighted by Gasteiger charge is 2.32. The van der Waals surface area contributed by atoms with Crippen molar-refractivity contribution in [1.82, 2.24) is 10.2 Å². The van der Waals surface area contributed by atoms with E-state index in [0.29, 0.717) is 12.6 Å². The van der Waals surface area contributed by atoms with Crippen LogP contribution in [-0.2, 0) is 11.2 Å². The third-order valence-corrected chi connectivity index (χ3v) is 4.17. The Morgan fingerprint density at radius 2 is 2.05 bits per heavy atom. The highest BCUT2D eigenvalue weighted by Crippen LogP contribution is 2.21. The van der Waals surface area contributed by atoms with Crippen LogP contribution in [0, 0.1) is 0 Å². The number of carbonyl (C=O) groups is 1. The van der Waals surface area contributed by atoms with Gasteiger partial charge < -0.3 is 15.1 Å². The van der Waals surface area contributed by atoms with Gasteiger partial charge in [0.1, 0.15) is 0 Å². The fraction of sp³-hybridized carbons (Fsp3) is 0.533. The minimum Gasteiger partial charge on any atom is -0.368 e. The van der Waals surface area contributed by atoms with E-state index >= 15 is 0 Å². The van der Waals surface area contributed by atoms with Crippen molar-refractivity contribution in [3.05, 3.63) is 29.8 Å². The van der Waals surface area contributed by atoms with Crippen LogP contribution >= 0.6 is 0 Å². The molecule has 2 aliphatic heterocycles.